The lowest BCUT2D eigenvalue weighted by Crippen LogP contribution is -2.48. The molecular formula is C23H20Cl2N4OS. The van der Waals surface area contributed by atoms with Crippen molar-refractivity contribution in [3.8, 4) is 11.3 Å². The first kappa shape index (κ1) is 20.4. The van der Waals surface area contributed by atoms with Gasteiger partial charge in [-0.2, -0.15) is 5.10 Å². The van der Waals surface area contributed by atoms with Gasteiger partial charge in [-0.05, 0) is 42.5 Å². The topological polar surface area (TPSA) is 41.4 Å². The summed E-state index contributed by atoms with van der Waals surface area (Å²) in [4.78, 5) is 19.2. The van der Waals surface area contributed by atoms with E-state index in [9.17, 15) is 4.79 Å². The summed E-state index contributed by atoms with van der Waals surface area (Å²) in [6, 6.07) is 17.5. The fraction of sp³-hybridized carbons (Fsp3) is 0.217. The van der Waals surface area contributed by atoms with Gasteiger partial charge >= 0.3 is 0 Å². The molecule has 158 valence electrons. The van der Waals surface area contributed by atoms with Crippen molar-refractivity contribution >= 4 is 56.3 Å². The van der Waals surface area contributed by atoms with E-state index in [1.807, 2.05) is 71.2 Å². The standard InChI is InChI=1S/C23H20Cl2N4OS/c1-27-23-19(21(26-27)15-2-4-16(24)5-3-15)14-20(31-23)22(30)29-12-10-28(11-13-29)18-8-6-17(25)7-9-18/h2-9,14H,10-13H2,1H3. The number of nitrogens with zero attached hydrogens (tertiary/aromatic N) is 4. The van der Waals surface area contributed by atoms with E-state index >= 15 is 0 Å². The summed E-state index contributed by atoms with van der Waals surface area (Å²) in [5.41, 5.74) is 3.00. The Labute approximate surface area is 194 Å². The molecule has 0 radical (unpaired) electrons. The monoisotopic (exact) mass is 470 g/mol. The van der Waals surface area contributed by atoms with Crippen LogP contribution < -0.4 is 4.90 Å². The van der Waals surface area contributed by atoms with Crippen molar-refractivity contribution in [3.05, 3.63) is 69.5 Å². The molecule has 8 heteroatoms. The number of anilines is 1. The van der Waals surface area contributed by atoms with Crippen molar-refractivity contribution in [2.45, 2.75) is 0 Å². The first-order valence-electron chi connectivity index (χ1n) is 10.0. The predicted octanol–water partition coefficient (Wildman–Crippen LogP) is 5.57. The van der Waals surface area contributed by atoms with Gasteiger partial charge in [0.25, 0.3) is 5.91 Å². The van der Waals surface area contributed by atoms with Crippen LogP contribution in [0, 0.1) is 0 Å². The molecule has 0 N–H and O–H groups in total. The number of aryl methyl sites for hydroxylation is 1. The second-order valence-electron chi connectivity index (χ2n) is 7.56. The summed E-state index contributed by atoms with van der Waals surface area (Å²) in [5, 5.41) is 7.07. The van der Waals surface area contributed by atoms with Gasteiger partial charge in [0.15, 0.2) is 0 Å². The Hall–Kier alpha value is -2.54. The molecule has 5 rings (SSSR count). The second-order valence-corrected chi connectivity index (χ2v) is 9.47. The minimum atomic E-state index is 0.0824. The summed E-state index contributed by atoms with van der Waals surface area (Å²) in [5.74, 6) is 0.0824. The Morgan fingerprint density at radius 3 is 2.19 bits per heavy atom. The summed E-state index contributed by atoms with van der Waals surface area (Å²) < 4.78 is 1.85. The number of halogens is 2. The van der Waals surface area contributed by atoms with Crippen LogP contribution >= 0.6 is 34.5 Å². The van der Waals surface area contributed by atoms with Crippen LogP contribution in [0.15, 0.2) is 54.6 Å². The minimum Gasteiger partial charge on any atom is -0.368 e. The van der Waals surface area contributed by atoms with Crippen LogP contribution in [0.5, 0.6) is 0 Å². The molecule has 0 aliphatic carbocycles. The van der Waals surface area contributed by atoms with Crippen molar-refractivity contribution in [1.29, 1.82) is 0 Å². The average molecular weight is 471 g/mol. The molecule has 1 aliphatic rings. The van der Waals surface area contributed by atoms with Crippen LogP contribution in [0.4, 0.5) is 5.69 Å². The summed E-state index contributed by atoms with van der Waals surface area (Å²) in [7, 11) is 1.91. The van der Waals surface area contributed by atoms with Gasteiger partial charge in [-0.25, -0.2) is 0 Å². The van der Waals surface area contributed by atoms with Crippen molar-refractivity contribution in [3.63, 3.8) is 0 Å². The molecule has 5 nitrogen and oxygen atoms in total. The minimum absolute atomic E-state index is 0.0824. The van der Waals surface area contributed by atoms with Crippen molar-refractivity contribution in [1.82, 2.24) is 14.7 Å². The first-order valence-corrected chi connectivity index (χ1v) is 11.6. The van der Waals surface area contributed by atoms with E-state index in [4.69, 9.17) is 23.2 Å². The number of amides is 1. The Balaban J connectivity index is 1.35. The van der Waals surface area contributed by atoms with Gasteiger partial charge < -0.3 is 9.80 Å². The number of rotatable bonds is 3. The van der Waals surface area contributed by atoms with E-state index in [-0.39, 0.29) is 5.91 Å². The molecule has 1 amide bonds. The molecule has 3 heterocycles. The van der Waals surface area contributed by atoms with Crippen LogP contribution in [0.2, 0.25) is 10.0 Å². The van der Waals surface area contributed by atoms with Gasteiger partial charge in [0.1, 0.15) is 10.5 Å². The van der Waals surface area contributed by atoms with E-state index in [1.54, 1.807) is 0 Å². The molecular weight excluding hydrogens is 451 g/mol. The summed E-state index contributed by atoms with van der Waals surface area (Å²) in [6.45, 7) is 2.99. The lowest BCUT2D eigenvalue weighted by atomic mass is 10.1. The summed E-state index contributed by atoms with van der Waals surface area (Å²) >= 11 is 13.5. The van der Waals surface area contributed by atoms with Gasteiger partial charge in [-0.1, -0.05) is 35.3 Å². The number of carbonyl (C=O) groups is 1. The van der Waals surface area contributed by atoms with Gasteiger partial charge in [-0.3, -0.25) is 9.48 Å². The molecule has 0 unspecified atom stereocenters. The van der Waals surface area contributed by atoms with E-state index in [2.05, 4.69) is 10.00 Å². The second kappa shape index (κ2) is 8.19. The molecule has 2 aromatic heterocycles. The number of fused-ring (bicyclic) bond motifs is 1. The Bertz CT molecular complexity index is 1240. The third-order valence-corrected chi connectivity index (χ3v) is 7.29. The van der Waals surface area contributed by atoms with E-state index in [0.717, 1.165) is 50.2 Å². The van der Waals surface area contributed by atoms with E-state index in [0.29, 0.717) is 18.1 Å². The molecule has 1 aliphatic heterocycles. The largest absolute Gasteiger partial charge is 0.368 e. The number of piperazine rings is 1. The quantitative estimate of drug-likeness (QED) is 0.392. The van der Waals surface area contributed by atoms with Crippen LogP contribution in [0.25, 0.3) is 21.5 Å². The van der Waals surface area contributed by atoms with Gasteiger partial charge in [0, 0.05) is 59.9 Å². The van der Waals surface area contributed by atoms with Crippen LogP contribution in [-0.4, -0.2) is 46.8 Å². The first-order chi connectivity index (χ1) is 15.0. The smallest absolute Gasteiger partial charge is 0.264 e. The maximum atomic E-state index is 13.2. The molecule has 0 bridgehead atoms. The lowest BCUT2D eigenvalue weighted by molar-refractivity contribution is 0.0751. The molecule has 4 aromatic rings. The predicted molar refractivity (Wildman–Crippen MR) is 129 cm³/mol. The highest BCUT2D eigenvalue weighted by Crippen LogP contribution is 2.34. The number of hydrogen-bond donors (Lipinski definition) is 0. The van der Waals surface area contributed by atoms with Crippen LogP contribution in [0.3, 0.4) is 0 Å². The molecule has 2 aromatic carbocycles. The fourth-order valence-corrected chi connectivity index (χ4v) is 5.23. The van der Waals surface area contributed by atoms with Crippen molar-refractivity contribution in [2.75, 3.05) is 31.1 Å². The van der Waals surface area contributed by atoms with Crippen LogP contribution in [-0.2, 0) is 7.05 Å². The van der Waals surface area contributed by atoms with E-state index in [1.165, 1.54) is 11.3 Å². The normalized spacial score (nSPS) is 14.4. The molecule has 1 saturated heterocycles. The maximum absolute atomic E-state index is 13.2. The summed E-state index contributed by atoms with van der Waals surface area (Å²) in [6.07, 6.45) is 0. The number of thiophene rings is 1. The maximum Gasteiger partial charge on any atom is 0.264 e. The fourth-order valence-electron chi connectivity index (χ4n) is 3.94. The highest BCUT2D eigenvalue weighted by molar-refractivity contribution is 7.20. The van der Waals surface area contributed by atoms with E-state index < -0.39 is 0 Å². The molecule has 1 fully saturated rings. The third-order valence-electron chi connectivity index (χ3n) is 5.60. The van der Waals surface area contributed by atoms with Gasteiger partial charge in [0.05, 0.1) is 4.88 Å². The zero-order chi connectivity index (χ0) is 21.5. The Morgan fingerprint density at radius 1 is 0.935 bits per heavy atom. The SMILES string of the molecule is Cn1nc(-c2ccc(Cl)cc2)c2cc(C(=O)N3CCN(c4ccc(Cl)cc4)CC3)sc21. The highest BCUT2D eigenvalue weighted by Gasteiger charge is 2.25. The third kappa shape index (κ3) is 3.91. The Kier molecular flexibility index (Phi) is 5.38. The molecule has 31 heavy (non-hydrogen) atoms. The number of aromatic nitrogens is 2. The zero-order valence-corrected chi connectivity index (χ0v) is 19.2. The van der Waals surface area contributed by atoms with Crippen molar-refractivity contribution < 1.29 is 4.79 Å². The number of carbonyl (C=O) groups excluding carboxylic acids is 1. The van der Waals surface area contributed by atoms with Gasteiger partial charge in [-0.15, -0.1) is 11.3 Å². The van der Waals surface area contributed by atoms with Crippen molar-refractivity contribution in [2.24, 2.45) is 7.05 Å². The number of hydrogen-bond acceptors (Lipinski definition) is 4. The highest BCUT2D eigenvalue weighted by atomic mass is 35.5. The molecule has 0 atom stereocenters. The molecule has 0 spiro atoms. The average Bonchev–Trinajstić information content (AvgIpc) is 3.35. The van der Waals surface area contributed by atoms with Gasteiger partial charge in [0.2, 0.25) is 0 Å². The van der Waals surface area contributed by atoms with Crippen LogP contribution in [0.1, 0.15) is 9.67 Å². The Morgan fingerprint density at radius 2 is 1.55 bits per heavy atom. The number of benzene rings is 2. The molecule has 0 saturated carbocycles. The zero-order valence-electron chi connectivity index (χ0n) is 16.9. The lowest BCUT2D eigenvalue weighted by Gasteiger charge is -2.36.